The van der Waals surface area contributed by atoms with E-state index < -0.39 is 5.97 Å². The number of para-hydroxylation sites is 1. The third kappa shape index (κ3) is 5.01. The zero-order valence-corrected chi connectivity index (χ0v) is 16.8. The van der Waals surface area contributed by atoms with E-state index in [0.29, 0.717) is 23.1 Å². The van der Waals surface area contributed by atoms with E-state index in [9.17, 15) is 9.90 Å². The zero-order chi connectivity index (χ0) is 20.8. The highest BCUT2D eigenvalue weighted by Gasteiger charge is 2.11. The molecule has 2 aromatic carbocycles. The van der Waals surface area contributed by atoms with Gasteiger partial charge in [-0.25, -0.2) is 14.8 Å². The highest BCUT2D eigenvalue weighted by atomic mass is 16.4. The van der Waals surface area contributed by atoms with Crippen molar-refractivity contribution in [2.75, 3.05) is 28.6 Å². The summed E-state index contributed by atoms with van der Waals surface area (Å²) in [6, 6.07) is 16.7. The Labute approximate surface area is 170 Å². The van der Waals surface area contributed by atoms with Gasteiger partial charge in [0.15, 0.2) is 0 Å². The Kier molecular flexibility index (Phi) is 6.29. The average Bonchev–Trinajstić information content (AvgIpc) is 2.70. The summed E-state index contributed by atoms with van der Waals surface area (Å²) in [5, 5.41) is 15.7. The molecule has 7 heteroatoms. The van der Waals surface area contributed by atoms with E-state index in [1.165, 1.54) is 5.69 Å². The monoisotopic (exact) mass is 391 g/mol. The second-order valence-corrected chi connectivity index (χ2v) is 6.51. The number of nitrogens with zero attached hydrogens (tertiary/aromatic N) is 3. The van der Waals surface area contributed by atoms with Crippen LogP contribution in [0.5, 0.6) is 0 Å². The number of nitrogens with one attached hydrogen (secondary N) is 2. The molecular formula is C22H25N5O2. The summed E-state index contributed by atoms with van der Waals surface area (Å²) in [5.74, 6) is 0.729. The van der Waals surface area contributed by atoms with Crippen molar-refractivity contribution in [1.82, 2.24) is 9.97 Å². The first kappa shape index (κ1) is 20.1. The SMILES string of the molecule is CCN(CC)c1ccc(Nc2cc(Nc3ccccc3C(=O)O)nc(C)n2)cc1. The Morgan fingerprint density at radius 2 is 1.59 bits per heavy atom. The zero-order valence-electron chi connectivity index (χ0n) is 16.8. The van der Waals surface area contributed by atoms with Crippen molar-refractivity contribution in [3.8, 4) is 0 Å². The number of benzene rings is 2. The largest absolute Gasteiger partial charge is 0.478 e. The van der Waals surface area contributed by atoms with Crippen LogP contribution < -0.4 is 15.5 Å². The lowest BCUT2D eigenvalue weighted by Gasteiger charge is -2.21. The van der Waals surface area contributed by atoms with Crippen LogP contribution in [-0.4, -0.2) is 34.1 Å². The van der Waals surface area contributed by atoms with Gasteiger partial charge in [-0.3, -0.25) is 0 Å². The Bertz CT molecular complexity index is 985. The van der Waals surface area contributed by atoms with Crippen LogP contribution in [0, 0.1) is 6.92 Å². The summed E-state index contributed by atoms with van der Waals surface area (Å²) < 4.78 is 0. The van der Waals surface area contributed by atoms with Crippen molar-refractivity contribution < 1.29 is 9.90 Å². The van der Waals surface area contributed by atoms with Gasteiger partial charge in [0.1, 0.15) is 17.5 Å². The standard InChI is InChI=1S/C22H25N5O2/c1-4-27(5-2)17-12-10-16(11-13-17)25-20-14-21(24-15(3)23-20)26-19-9-7-6-8-18(19)22(28)29/h6-14H,4-5H2,1-3H3,(H,28,29)(H2,23,24,25,26). The van der Waals surface area contributed by atoms with E-state index in [-0.39, 0.29) is 5.56 Å². The number of anilines is 5. The first-order valence-corrected chi connectivity index (χ1v) is 9.57. The quantitative estimate of drug-likeness (QED) is 0.507. The molecule has 3 aromatic rings. The summed E-state index contributed by atoms with van der Waals surface area (Å²) in [4.78, 5) is 22.5. The summed E-state index contributed by atoms with van der Waals surface area (Å²) in [6.45, 7) is 7.98. The molecule has 0 fully saturated rings. The lowest BCUT2D eigenvalue weighted by atomic mass is 10.2. The molecule has 29 heavy (non-hydrogen) atoms. The summed E-state index contributed by atoms with van der Waals surface area (Å²) in [5.41, 5.74) is 2.75. The number of carbonyl (C=O) groups is 1. The fourth-order valence-electron chi connectivity index (χ4n) is 3.10. The van der Waals surface area contributed by atoms with Gasteiger partial charge in [-0.1, -0.05) is 12.1 Å². The Morgan fingerprint density at radius 1 is 0.966 bits per heavy atom. The maximum atomic E-state index is 11.4. The van der Waals surface area contributed by atoms with Gasteiger partial charge < -0.3 is 20.6 Å². The van der Waals surface area contributed by atoms with Gasteiger partial charge in [-0.05, 0) is 57.2 Å². The molecule has 3 N–H and O–H groups in total. The number of carboxylic acids is 1. The van der Waals surface area contributed by atoms with Crippen LogP contribution in [0.4, 0.5) is 28.7 Å². The van der Waals surface area contributed by atoms with Gasteiger partial charge in [0.25, 0.3) is 0 Å². The van der Waals surface area contributed by atoms with Crippen molar-refractivity contribution >= 4 is 34.7 Å². The highest BCUT2D eigenvalue weighted by Crippen LogP contribution is 2.24. The Balaban J connectivity index is 1.80. The van der Waals surface area contributed by atoms with Crippen LogP contribution in [0.1, 0.15) is 30.0 Å². The van der Waals surface area contributed by atoms with E-state index in [4.69, 9.17) is 0 Å². The molecule has 0 saturated carbocycles. The van der Waals surface area contributed by atoms with Crippen molar-refractivity contribution in [3.05, 3.63) is 66.0 Å². The molecular weight excluding hydrogens is 366 g/mol. The minimum absolute atomic E-state index is 0.185. The Hall–Kier alpha value is -3.61. The molecule has 0 atom stereocenters. The molecule has 1 heterocycles. The van der Waals surface area contributed by atoms with Crippen molar-refractivity contribution in [3.63, 3.8) is 0 Å². The molecule has 0 aliphatic carbocycles. The predicted octanol–water partition coefficient (Wildman–Crippen LogP) is 4.82. The third-order valence-corrected chi connectivity index (χ3v) is 4.53. The van der Waals surface area contributed by atoms with Crippen LogP contribution in [0.3, 0.4) is 0 Å². The lowest BCUT2D eigenvalue weighted by Crippen LogP contribution is -2.21. The number of rotatable bonds is 8. The molecule has 0 spiro atoms. The van der Waals surface area contributed by atoms with Gasteiger partial charge in [0, 0.05) is 30.5 Å². The second kappa shape index (κ2) is 9.05. The lowest BCUT2D eigenvalue weighted by molar-refractivity contribution is 0.0698. The van der Waals surface area contributed by atoms with Crippen molar-refractivity contribution in [1.29, 1.82) is 0 Å². The van der Waals surface area contributed by atoms with Gasteiger partial charge in [-0.2, -0.15) is 0 Å². The molecule has 3 rings (SSSR count). The molecule has 0 amide bonds. The number of aromatic carboxylic acids is 1. The van der Waals surface area contributed by atoms with E-state index in [2.05, 4.69) is 51.5 Å². The molecule has 0 saturated heterocycles. The number of hydrogen-bond acceptors (Lipinski definition) is 6. The molecule has 7 nitrogen and oxygen atoms in total. The van der Waals surface area contributed by atoms with Crippen LogP contribution in [-0.2, 0) is 0 Å². The van der Waals surface area contributed by atoms with E-state index in [0.717, 1.165) is 18.8 Å². The Morgan fingerprint density at radius 3 is 2.21 bits per heavy atom. The molecule has 0 aliphatic rings. The minimum Gasteiger partial charge on any atom is -0.478 e. The molecule has 0 aliphatic heterocycles. The normalized spacial score (nSPS) is 10.4. The van der Waals surface area contributed by atoms with Gasteiger partial charge in [0.2, 0.25) is 0 Å². The number of hydrogen-bond donors (Lipinski definition) is 3. The van der Waals surface area contributed by atoms with E-state index >= 15 is 0 Å². The summed E-state index contributed by atoms with van der Waals surface area (Å²) in [6.07, 6.45) is 0. The number of carboxylic acid groups (broad SMARTS) is 1. The fraction of sp³-hybridized carbons (Fsp3) is 0.227. The van der Waals surface area contributed by atoms with Crippen molar-refractivity contribution in [2.45, 2.75) is 20.8 Å². The topological polar surface area (TPSA) is 90.4 Å². The number of aromatic nitrogens is 2. The molecule has 150 valence electrons. The maximum Gasteiger partial charge on any atom is 0.337 e. The predicted molar refractivity (Wildman–Crippen MR) is 117 cm³/mol. The van der Waals surface area contributed by atoms with Gasteiger partial charge in [0.05, 0.1) is 11.3 Å². The van der Waals surface area contributed by atoms with Crippen molar-refractivity contribution in [2.24, 2.45) is 0 Å². The minimum atomic E-state index is -0.995. The van der Waals surface area contributed by atoms with Crippen LogP contribution in [0.2, 0.25) is 0 Å². The molecule has 0 bridgehead atoms. The summed E-state index contributed by atoms with van der Waals surface area (Å²) in [7, 11) is 0. The van der Waals surface area contributed by atoms with E-state index in [1.54, 1.807) is 37.3 Å². The smallest absolute Gasteiger partial charge is 0.337 e. The molecule has 1 aromatic heterocycles. The fourth-order valence-corrected chi connectivity index (χ4v) is 3.10. The summed E-state index contributed by atoms with van der Waals surface area (Å²) >= 11 is 0. The first-order chi connectivity index (χ1) is 14.0. The first-order valence-electron chi connectivity index (χ1n) is 9.57. The number of aryl methyl sites for hydroxylation is 1. The van der Waals surface area contributed by atoms with E-state index in [1.807, 2.05) is 12.1 Å². The van der Waals surface area contributed by atoms with Gasteiger partial charge in [-0.15, -0.1) is 0 Å². The van der Waals surface area contributed by atoms with Crippen LogP contribution in [0.25, 0.3) is 0 Å². The highest BCUT2D eigenvalue weighted by molar-refractivity contribution is 5.95. The second-order valence-electron chi connectivity index (χ2n) is 6.51. The third-order valence-electron chi connectivity index (χ3n) is 4.53. The van der Waals surface area contributed by atoms with Gasteiger partial charge >= 0.3 is 5.97 Å². The molecule has 0 radical (unpaired) electrons. The van der Waals surface area contributed by atoms with Crippen LogP contribution >= 0.6 is 0 Å². The average molecular weight is 391 g/mol. The molecule has 0 unspecified atom stereocenters. The maximum absolute atomic E-state index is 11.4. The van der Waals surface area contributed by atoms with Crippen LogP contribution in [0.15, 0.2) is 54.6 Å².